The third kappa shape index (κ3) is 3.73. The Morgan fingerprint density at radius 3 is 3.00 bits per heavy atom. The smallest absolute Gasteiger partial charge is 0.234 e. The minimum absolute atomic E-state index is 0.0411. The Labute approximate surface area is 120 Å². The van der Waals surface area contributed by atoms with Crippen molar-refractivity contribution in [1.82, 2.24) is 10.6 Å². The molecule has 1 amide bonds. The summed E-state index contributed by atoms with van der Waals surface area (Å²) in [7, 11) is 0. The third-order valence-corrected chi connectivity index (χ3v) is 3.46. The summed E-state index contributed by atoms with van der Waals surface area (Å²) in [4.78, 5) is 11.8. The Morgan fingerprint density at radius 2 is 2.25 bits per heavy atom. The lowest BCUT2D eigenvalue weighted by molar-refractivity contribution is -0.120. The summed E-state index contributed by atoms with van der Waals surface area (Å²) in [5.41, 5.74) is 2.32. The molecule has 0 saturated heterocycles. The number of hydrogen-bond acceptors (Lipinski definition) is 3. The molecule has 1 aliphatic heterocycles. The summed E-state index contributed by atoms with van der Waals surface area (Å²) in [5.74, 6) is 1.02. The molecule has 1 aromatic carbocycles. The SMILES string of the molecule is Cc1cccc2c1OCCCC2NCC(=O)NC(C)C. The van der Waals surface area contributed by atoms with Crippen molar-refractivity contribution in [2.75, 3.05) is 13.2 Å². The maximum atomic E-state index is 11.8. The molecule has 0 bridgehead atoms. The van der Waals surface area contributed by atoms with Crippen LogP contribution in [0.4, 0.5) is 0 Å². The van der Waals surface area contributed by atoms with Gasteiger partial charge in [0, 0.05) is 17.6 Å². The van der Waals surface area contributed by atoms with Gasteiger partial charge >= 0.3 is 0 Å². The van der Waals surface area contributed by atoms with Crippen LogP contribution >= 0.6 is 0 Å². The summed E-state index contributed by atoms with van der Waals surface area (Å²) in [5, 5.41) is 6.26. The molecule has 2 N–H and O–H groups in total. The first-order chi connectivity index (χ1) is 9.58. The highest BCUT2D eigenvalue weighted by Crippen LogP contribution is 2.33. The van der Waals surface area contributed by atoms with E-state index in [1.807, 2.05) is 19.9 Å². The maximum Gasteiger partial charge on any atom is 0.234 e. The van der Waals surface area contributed by atoms with Crippen molar-refractivity contribution in [3.05, 3.63) is 29.3 Å². The molecule has 0 spiro atoms. The van der Waals surface area contributed by atoms with E-state index in [1.54, 1.807) is 0 Å². The molecular formula is C16H24N2O2. The second kappa shape index (κ2) is 6.75. The number of carbonyl (C=O) groups excluding carboxylic acids is 1. The van der Waals surface area contributed by atoms with Crippen molar-refractivity contribution in [3.63, 3.8) is 0 Å². The van der Waals surface area contributed by atoms with Crippen LogP contribution < -0.4 is 15.4 Å². The Bertz CT molecular complexity index is 472. The van der Waals surface area contributed by atoms with E-state index < -0.39 is 0 Å². The summed E-state index contributed by atoms with van der Waals surface area (Å²) in [6.07, 6.45) is 1.99. The van der Waals surface area contributed by atoms with Crippen molar-refractivity contribution < 1.29 is 9.53 Å². The number of para-hydroxylation sites is 1. The number of benzene rings is 1. The van der Waals surface area contributed by atoms with E-state index >= 15 is 0 Å². The van der Waals surface area contributed by atoms with Crippen molar-refractivity contribution in [2.24, 2.45) is 0 Å². The van der Waals surface area contributed by atoms with Crippen LogP contribution in [-0.2, 0) is 4.79 Å². The molecule has 1 aromatic rings. The molecule has 1 heterocycles. The van der Waals surface area contributed by atoms with Gasteiger partial charge in [-0.15, -0.1) is 0 Å². The normalized spacial score (nSPS) is 18.1. The highest BCUT2D eigenvalue weighted by Gasteiger charge is 2.21. The molecule has 1 unspecified atom stereocenters. The molecule has 0 fully saturated rings. The van der Waals surface area contributed by atoms with Gasteiger partial charge in [0.05, 0.1) is 13.2 Å². The van der Waals surface area contributed by atoms with Gasteiger partial charge in [-0.2, -0.15) is 0 Å². The minimum Gasteiger partial charge on any atom is -0.493 e. The van der Waals surface area contributed by atoms with E-state index in [4.69, 9.17) is 4.74 Å². The van der Waals surface area contributed by atoms with Crippen molar-refractivity contribution in [3.8, 4) is 5.75 Å². The van der Waals surface area contributed by atoms with E-state index in [9.17, 15) is 4.79 Å². The zero-order valence-corrected chi connectivity index (χ0v) is 12.5. The van der Waals surface area contributed by atoms with Crippen LogP contribution in [0.2, 0.25) is 0 Å². The van der Waals surface area contributed by atoms with Gasteiger partial charge in [0.15, 0.2) is 0 Å². The largest absolute Gasteiger partial charge is 0.493 e. The van der Waals surface area contributed by atoms with Gasteiger partial charge in [-0.05, 0) is 39.2 Å². The van der Waals surface area contributed by atoms with Gasteiger partial charge < -0.3 is 15.4 Å². The topological polar surface area (TPSA) is 50.4 Å². The number of fused-ring (bicyclic) bond motifs is 1. The molecule has 110 valence electrons. The fraction of sp³-hybridized carbons (Fsp3) is 0.562. The number of nitrogens with one attached hydrogen (secondary N) is 2. The standard InChI is InChI=1S/C16H24N2O2/c1-11(2)18-15(19)10-17-14-8-5-9-20-16-12(3)6-4-7-13(14)16/h4,6-7,11,14,17H,5,8-10H2,1-3H3,(H,18,19). The molecule has 1 aliphatic rings. The Balaban J connectivity index is 2.05. The second-order valence-corrected chi connectivity index (χ2v) is 5.64. The summed E-state index contributed by atoms with van der Waals surface area (Å²) in [6, 6.07) is 6.56. The predicted octanol–water partition coefficient (Wildman–Crippen LogP) is 2.32. The lowest BCUT2D eigenvalue weighted by Crippen LogP contribution is -2.38. The lowest BCUT2D eigenvalue weighted by atomic mass is 10.00. The van der Waals surface area contributed by atoms with Gasteiger partial charge in [-0.25, -0.2) is 0 Å². The number of carbonyl (C=O) groups is 1. The molecule has 4 nitrogen and oxygen atoms in total. The molecule has 0 radical (unpaired) electrons. The van der Waals surface area contributed by atoms with Gasteiger partial charge in [0.1, 0.15) is 5.75 Å². The van der Waals surface area contributed by atoms with Crippen LogP contribution in [0.3, 0.4) is 0 Å². The Hall–Kier alpha value is -1.55. The van der Waals surface area contributed by atoms with E-state index in [-0.39, 0.29) is 18.0 Å². The Morgan fingerprint density at radius 1 is 1.45 bits per heavy atom. The van der Waals surface area contributed by atoms with Crippen LogP contribution in [-0.4, -0.2) is 25.1 Å². The van der Waals surface area contributed by atoms with E-state index in [0.717, 1.165) is 30.8 Å². The number of aryl methyl sites for hydroxylation is 1. The van der Waals surface area contributed by atoms with Crippen LogP contribution in [0.1, 0.15) is 43.9 Å². The average molecular weight is 276 g/mol. The number of amides is 1. The summed E-state index contributed by atoms with van der Waals surface area (Å²) >= 11 is 0. The number of ether oxygens (including phenoxy) is 1. The first kappa shape index (κ1) is 14.9. The van der Waals surface area contributed by atoms with E-state index in [2.05, 4.69) is 29.7 Å². The van der Waals surface area contributed by atoms with Crippen LogP contribution in [0, 0.1) is 6.92 Å². The maximum absolute atomic E-state index is 11.8. The minimum atomic E-state index is 0.0411. The fourth-order valence-corrected chi connectivity index (χ4v) is 2.56. The van der Waals surface area contributed by atoms with Crippen molar-refractivity contribution in [1.29, 1.82) is 0 Å². The van der Waals surface area contributed by atoms with Crippen LogP contribution in [0.5, 0.6) is 5.75 Å². The first-order valence-electron chi connectivity index (χ1n) is 7.33. The molecular weight excluding hydrogens is 252 g/mol. The summed E-state index contributed by atoms with van der Waals surface area (Å²) in [6.45, 7) is 7.09. The average Bonchev–Trinajstić information content (AvgIpc) is 2.59. The molecule has 4 heteroatoms. The monoisotopic (exact) mass is 276 g/mol. The second-order valence-electron chi connectivity index (χ2n) is 5.64. The predicted molar refractivity (Wildman–Crippen MR) is 79.9 cm³/mol. The zero-order valence-electron chi connectivity index (χ0n) is 12.5. The van der Waals surface area contributed by atoms with Gasteiger partial charge in [-0.1, -0.05) is 18.2 Å². The van der Waals surface area contributed by atoms with Crippen molar-refractivity contribution in [2.45, 2.75) is 45.7 Å². The molecule has 1 atom stereocenters. The number of rotatable bonds is 4. The van der Waals surface area contributed by atoms with Gasteiger partial charge in [-0.3, -0.25) is 4.79 Å². The highest BCUT2D eigenvalue weighted by molar-refractivity contribution is 5.78. The quantitative estimate of drug-likeness (QED) is 0.887. The van der Waals surface area contributed by atoms with Crippen LogP contribution in [0.15, 0.2) is 18.2 Å². The van der Waals surface area contributed by atoms with Gasteiger partial charge in [0.2, 0.25) is 5.91 Å². The zero-order chi connectivity index (χ0) is 14.5. The van der Waals surface area contributed by atoms with Crippen molar-refractivity contribution >= 4 is 5.91 Å². The first-order valence-corrected chi connectivity index (χ1v) is 7.33. The van der Waals surface area contributed by atoms with Crippen LogP contribution in [0.25, 0.3) is 0 Å². The Kier molecular flexibility index (Phi) is 5.01. The number of hydrogen-bond donors (Lipinski definition) is 2. The molecule has 20 heavy (non-hydrogen) atoms. The lowest BCUT2D eigenvalue weighted by Gasteiger charge is -2.19. The highest BCUT2D eigenvalue weighted by atomic mass is 16.5. The van der Waals surface area contributed by atoms with Gasteiger partial charge in [0.25, 0.3) is 0 Å². The molecule has 0 saturated carbocycles. The molecule has 2 rings (SSSR count). The van der Waals surface area contributed by atoms with E-state index in [1.165, 1.54) is 5.56 Å². The summed E-state index contributed by atoms with van der Waals surface area (Å²) < 4.78 is 5.84. The third-order valence-electron chi connectivity index (χ3n) is 3.46. The van der Waals surface area contributed by atoms with E-state index in [0.29, 0.717) is 6.54 Å². The molecule has 0 aromatic heterocycles. The fourth-order valence-electron chi connectivity index (χ4n) is 2.56. The molecule has 0 aliphatic carbocycles.